The Balaban J connectivity index is 1.75. The molecule has 0 N–H and O–H groups in total. The minimum Gasteiger partial charge on any atom is -0.501 e. The number of hydrogen-bond acceptors (Lipinski definition) is 9. The van der Waals surface area contributed by atoms with Gasteiger partial charge in [0.15, 0.2) is 0 Å². The van der Waals surface area contributed by atoms with E-state index in [-0.39, 0.29) is 36.4 Å². The molecule has 2 aromatic carbocycles. The normalized spacial score (nSPS) is 12.3. The number of carbonyl (C=O) groups excluding carboxylic acids is 1. The molecule has 1 amide bonds. The molecule has 0 aliphatic carbocycles. The molecule has 0 unspecified atom stereocenters. The number of methoxy groups -OCH3 is 2. The van der Waals surface area contributed by atoms with Crippen LogP contribution < -0.4 is 14.4 Å². The van der Waals surface area contributed by atoms with Gasteiger partial charge in [-0.2, -0.15) is 8.42 Å². The lowest BCUT2D eigenvalue weighted by Gasteiger charge is -2.24. The van der Waals surface area contributed by atoms with Gasteiger partial charge in [0.25, 0.3) is 10.1 Å². The highest BCUT2D eigenvalue weighted by Crippen LogP contribution is 2.32. The molecule has 0 spiro atoms. The molecule has 3 rings (SSSR count). The van der Waals surface area contributed by atoms with Gasteiger partial charge in [0, 0.05) is 25.1 Å². The van der Waals surface area contributed by atoms with Gasteiger partial charge in [-0.25, -0.2) is 4.98 Å². The fourth-order valence-electron chi connectivity index (χ4n) is 3.84. The largest absolute Gasteiger partial charge is 0.501 e. The van der Waals surface area contributed by atoms with Gasteiger partial charge < -0.3 is 23.8 Å². The Kier molecular flexibility index (Phi) is 12.2. The maximum atomic E-state index is 12.9. The summed E-state index contributed by atoms with van der Waals surface area (Å²) in [5.41, 5.74) is 2.09. The first kappa shape index (κ1) is 33.2. The van der Waals surface area contributed by atoms with Gasteiger partial charge in [0.2, 0.25) is 11.8 Å². The molecular formula is C32H38N2O8S. The third kappa shape index (κ3) is 9.86. The lowest BCUT2D eigenvalue weighted by atomic mass is 10.1. The van der Waals surface area contributed by atoms with Crippen molar-refractivity contribution < 1.29 is 36.3 Å². The van der Waals surface area contributed by atoms with Crippen molar-refractivity contribution in [1.82, 2.24) is 4.98 Å². The second kappa shape index (κ2) is 15.8. The summed E-state index contributed by atoms with van der Waals surface area (Å²) in [5.74, 6) is 2.36. The van der Waals surface area contributed by atoms with Crippen molar-refractivity contribution >= 4 is 21.7 Å². The minimum atomic E-state index is -3.86. The van der Waals surface area contributed by atoms with E-state index in [0.29, 0.717) is 40.7 Å². The van der Waals surface area contributed by atoms with Gasteiger partial charge >= 0.3 is 0 Å². The van der Waals surface area contributed by atoms with E-state index in [1.165, 1.54) is 24.0 Å². The Hall–Kier alpha value is -4.35. The first-order chi connectivity index (χ1) is 20.5. The van der Waals surface area contributed by atoms with E-state index in [2.05, 4.69) is 4.98 Å². The van der Waals surface area contributed by atoms with Crippen LogP contribution in [0.2, 0.25) is 0 Å². The van der Waals surface area contributed by atoms with Gasteiger partial charge in [-0.05, 0) is 75.4 Å². The van der Waals surface area contributed by atoms with E-state index >= 15 is 0 Å². The highest BCUT2D eigenvalue weighted by Gasteiger charge is 2.21. The van der Waals surface area contributed by atoms with Gasteiger partial charge in [0.1, 0.15) is 17.2 Å². The van der Waals surface area contributed by atoms with Crippen molar-refractivity contribution in [3.8, 4) is 17.4 Å². The standard InChI is InChI=1S/C32H38N2O8S/c1-23-10-16-30(17-11-23)43(36,37)41-20-8-19-40-25(3)27(21-24(2)38-5)22-34(26(4)35)31-9-7-18-33-32(31)42-29-14-12-28(39-6)13-15-29/h7,9-18,21H,8,19-20,22H2,1-6H3. The zero-order valence-corrected chi connectivity index (χ0v) is 26.1. The second-order valence-corrected chi connectivity index (χ2v) is 11.2. The lowest BCUT2D eigenvalue weighted by Crippen LogP contribution is -2.31. The minimum absolute atomic E-state index is 0.0485. The number of benzene rings is 2. The fraction of sp³-hybridized carbons (Fsp3) is 0.312. The first-order valence-corrected chi connectivity index (χ1v) is 15.0. The van der Waals surface area contributed by atoms with E-state index in [4.69, 9.17) is 23.1 Å². The Morgan fingerprint density at radius 1 is 0.930 bits per heavy atom. The molecule has 10 nitrogen and oxygen atoms in total. The van der Waals surface area contributed by atoms with Gasteiger partial charge in [-0.15, -0.1) is 0 Å². The Morgan fingerprint density at radius 2 is 1.60 bits per heavy atom. The maximum Gasteiger partial charge on any atom is 0.296 e. The number of anilines is 1. The zero-order chi connectivity index (χ0) is 31.4. The van der Waals surface area contributed by atoms with E-state index in [1.807, 2.05) is 6.92 Å². The number of carbonyl (C=O) groups is 1. The molecule has 0 radical (unpaired) electrons. The van der Waals surface area contributed by atoms with Crippen LogP contribution in [0.4, 0.5) is 5.69 Å². The Labute approximate surface area is 253 Å². The smallest absolute Gasteiger partial charge is 0.296 e. The van der Waals surface area contributed by atoms with Gasteiger partial charge in [0.05, 0.1) is 50.4 Å². The molecule has 0 fully saturated rings. The second-order valence-electron chi connectivity index (χ2n) is 9.54. The van der Waals surface area contributed by atoms with E-state index in [9.17, 15) is 13.2 Å². The predicted molar refractivity (Wildman–Crippen MR) is 164 cm³/mol. The molecule has 43 heavy (non-hydrogen) atoms. The SMILES string of the molecule is COC(C)=CC(CN(C(C)=O)c1cccnc1Oc1ccc(OC)cc1)=C(C)OCCCOS(=O)(=O)c1ccc(C)cc1. The van der Waals surface area contributed by atoms with Crippen LogP contribution >= 0.6 is 0 Å². The highest BCUT2D eigenvalue weighted by molar-refractivity contribution is 7.86. The number of aromatic nitrogens is 1. The molecule has 1 aromatic heterocycles. The number of hydrogen-bond donors (Lipinski definition) is 0. The van der Waals surface area contributed by atoms with Gasteiger partial charge in [-0.3, -0.25) is 8.98 Å². The molecular weight excluding hydrogens is 572 g/mol. The van der Waals surface area contributed by atoms with Crippen LogP contribution in [0.25, 0.3) is 0 Å². The predicted octanol–water partition coefficient (Wildman–Crippen LogP) is 6.18. The third-order valence-electron chi connectivity index (χ3n) is 6.33. The molecule has 1 heterocycles. The Bertz CT molecular complexity index is 1530. The summed E-state index contributed by atoms with van der Waals surface area (Å²) in [4.78, 5) is 18.9. The summed E-state index contributed by atoms with van der Waals surface area (Å²) in [6.07, 6.45) is 3.69. The first-order valence-electron chi connectivity index (χ1n) is 13.6. The van der Waals surface area contributed by atoms with Crippen molar-refractivity contribution in [3.05, 3.63) is 95.6 Å². The molecule has 0 atom stereocenters. The van der Waals surface area contributed by atoms with Crippen molar-refractivity contribution in [2.45, 2.75) is 39.0 Å². The summed E-state index contributed by atoms with van der Waals surface area (Å²) < 4.78 is 52.6. The molecule has 230 valence electrons. The lowest BCUT2D eigenvalue weighted by molar-refractivity contribution is -0.116. The van der Waals surface area contributed by atoms with Crippen molar-refractivity contribution in [2.24, 2.45) is 0 Å². The highest BCUT2D eigenvalue weighted by atomic mass is 32.2. The Morgan fingerprint density at radius 3 is 2.23 bits per heavy atom. The van der Waals surface area contributed by atoms with Crippen LogP contribution in [0.1, 0.15) is 32.8 Å². The van der Waals surface area contributed by atoms with E-state index in [1.54, 1.807) is 88.9 Å². The van der Waals surface area contributed by atoms with Crippen LogP contribution in [0, 0.1) is 6.92 Å². The quantitative estimate of drug-likeness (QED) is 0.0861. The molecule has 11 heteroatoms. The van der Waals surface area contributed by atoms with Crippen LogP contribution in [-0.4, -0.2) is 53.3 Å². The van der Waals surface area contributed by atoms with Crippen LogP contribution in [0.5, 0.6) is 17.4 Å². The molecule has 0 saturated heterocycles. The molecule has 0 aliphatic rings. The van der Waals surface area contributed by atoms with E-state index in [0.717, 1.165) is 5.56 Å². The van der Waals surface area contributed by atoms with Crippen molar-refractivity contribution in [3.63, 3.8) is 0 Å². The van der Waals surface area contributed by atoms with Crippen molar-refractivity contribution in [1.29, 1.82) is 0 Å². The van der Waals surface area contributed by atoms with E-state index < -0.39 is 10.1 Å². The van der Waals surface area contributed by atoms with Crippen molar-refractivity contribution in [2.75, 3.05) is 38.9 Å². The maximum absolute atomic E-state index is 12.9. The zero-order valence-electron chi connectivity index (χ0n) is 25.3. The monoisotopic (exact) mass is 610 g/mol. The molecule has 0 aliphatic heterocycles. The average molecular weight is 611 g/mol. The molecule has 3 aromatic rings. The number of amides is 1. The topological polar surface area (TPSA) is 113 Å². The van der Waals surface area contributed by atoms with Crippen LogP contribution in [-0.2, 0) is 28.6 Å². The summed E-state index contributed by atoms with van der Waals surface area (Å²) >= 11 is 0. The fourth-order valence-corrected chi connectivity index (χ4v) is 4.78. The number of rotatable bonds is 15. The van der Waals surface area contributed by atoms with Crippen LogP contribution in [0.3, 0.4) is 0 Å². The summed E-state index contributed by atoms with van der Waals surface area (Å²) in [5, 5.41) is 0. The van der Waals surface area contributed by atoms with Crippen LogP contribution in [0.15, 0.2) is 94.9 Å². The number of nitrogens with zero attached hydrogens (tertiary/aromatic N) is 2. The number of aryl methyl sites for hydroxylation is 1. The number of pyridine rings is 1. The number of ether oxygens (including phenoxy) is 4. The third-order valence-corrected chi connectivity index (χ3v) is 7.66. The summed E-state index contributed by atoms with van der Waals surface area (Å²) in [6, 6.07) is 17.0. The summed E-state index contributed by atoms with van der Waals surface area (Å²) in [6.45, 7) is 7.17. The average Bonchev–Trinajstić information content (AvgIpc) is 2.99. The number of allylic oxidation sites excluding steroid dienone is 2. The molecule has 0 bridgehead atoms. The summed E-state index contributed by atoms with van der Waals surface area (Å²) in [7, 11) is -0.728. The van der Waals surface area contributed by atoms with Gasteiger partial charge in [-0.1, -0.05) is 17.7 Å². The molecule has 0 saturated carbocycles.